The molecule has 1 atom stereocenters. The minimum Gasteiger partial charge on any atom is -0.494 e. The first-order valence-corrected chi connectivity index (χ1v) is 7.93. The van der Waals surface area contributed by atoms with Crippen molar-refractivity contribution < 1.29 is 4.74 Å². The second-order valence-electron chi connectivity index (χ2n) is 4.93. The molecule has 20 heavy (non-hydrogen) atoms. The average molecular weight is 278 g/mol. The van der Waals surface area contributed by atoms with Gasteiger partial charge in [-0.3, -0.25) is 0 Å². The van der Waals surface area contributed by atoms with Gasteiger partial charge in [-0.15, -0.1) is 0 Å². The van der Waals surface area contributed by atoms with Crippen molar-refractivity contribution in [2.45, 2.75) is 40.2 Å². The number of nitrogens with one attached hydrogen (secondary N) is 1. The van der Waals surface area contributed by atoms with Crippen LogP contribution in [-0.4, -0.2) is 37.7 Å². The zero-order valence-electron chi connectivity index (χ0n) is 13.5. The average Bonchev–Trinajstić information content (AvgIpc) is 2.48. The molecule has 0 heterocycles. The molecule has 3 nitrogen and oxygen atoms in total. The van der Waals surface area contributed by atoms with Crippen molar-refractivity contribution in [3.05, 3.63) is 29.8 Å². The zero-order chi connectivity index (χ0) is 14.8. The molecule has 0 saturated heterocycles. The Morgan fingerprint density at radius 1 is 1.15 bits per heavy atom. The van der Waals surface area contributed by atoms with Gasteiger partial charge in [-0.2, -0.15) is 0 Å². The van der Waals surface area contributed by atoms with Crippen LogP contribution in [0.25, 0.3) is 0 Å². The van der Waals surface area contributed by atoms with Gasteiger partial charge in [0, 0.05) is 6.04 Å². The number of rotatable bonds is 10. The molecule has 0 spiro atoms. The summed E-state index contributed by atoms with van der Waals surface area (Å²) in [5, 5.41) is 3.59. The quantitative estimate of drug-likeness (QED) is 0.709. The summed E-state index contributed by atoms with van der Waals surface area (Å²) < 4.78 is 5.60. The second kappa shape index (κ2) is 9.78. The van der Waals surface area contributed by atoms with E-state index >= 15 is 0 Å². The van der Waals surface area contributed by atoms with E-state index in [1.54, 1.807) is 0 Å². The number of hydrogen-bond acceptors (Lipinski definition) is 3. The number of ether oxygens (including phenoxy) is 1. The van der Waals surface area contributed by atoms with Crippen LogP contribution in [0.15, 0.2) is 24.3 Å². The summed E-state index contributed by atoms with van der Waals surface area (Å²) in [7, 11) is 0. The molecule has 0 bridgehead atoms. The third-order valence-corrected chi connectivity index (χ3v) is 3.65. The first-order valence-electron chi connectivity index (χ1n) is 7.93. The topological polar surface area (TPSA) is 24.5 Å². The van der Waals surface area contributed by atoms with Crippen LogP contribution in [0.4, 0.5) is 0 Å². The van der Waals surface area contributed by atoms with Crippen LogP contribution in [-0.2, 0) is 0 Å². The Kier molecular flexibility index (Phi) is 8.31. The third kappa shape index (κ3) is 5.51. The SMILES string of the molecule is CCNC(CCN(CC)CC)c1cccc(OCC)c1. The lowest BCUT2D eigenvalue weighted by molar-refractivity contribution is 0.282. The van der Waals surface area contributed by atoms with E-state index in [2.05, 4.69) is 49.2 Å². The predicted molar refractivity (Wildman–Crippen MR) is 86.4 cm³/mol. The molecule has 0 aliphatic rings. The van der Waals surface area contributed by atoms with E-state index < -0.39 is 0 Å². The fourth-order valence-corrected chi connectivity index (χ4v) is 2.47. The summed E-state index contributed by atoms with van der Waals surface area (Å²) in [6, 6.07) is 8.88. The highest BCUT2D eigenvalue weighted by Crippen LogP contribution is 2.22. The molecule has 1 N–H and O–H groups in total. The van der Waals surface area contributed by atoms with E-state index in [4.69, 9.17) is 4.74 Å². The lowest BCUT2D eigenvalue weighted by atomic mass is 10.0. The number of benzene rings is 1. The van der Waals surface area contributed by atoms with Gasteiger partial charge in [0.2, 0.25) is 0 Å². The van der Waals surface area contributed by atoms with Gasteiger partial charge in [0.25, 0.3) is 0 Å². The van der Waals surface area contributed by atoms with Gasteiger partial charge in [-0.1, -0.05) is 32.9 Å². The van der Waals surface area contributed by atoms with Crippen LogP contribution in [0, 0.1) is 0 Å². The maximum atomic E-state index is 5.60. The molecule has 0 saturated carbocycles. The Morgan fingerprint density at radius 2 is 1.90 bits per heavy atom. The van der Waals surface area contributed by atoms with Gasteiger partial charge < -0.3 is 15.0 Å². The predicted octanol–water partition coefficient (Wildman–Crippen LogP) is 3.47. The minimum absolute atomic E-state index is 0.404. The highest BCUT2D eigenvalue weighted by Gasteiger charge is 2.12. The number of hydrogen-bond donors (Lipinski definition) is 1. The van der Waals surface area contributed by atoms with Crippen LogP contribution in [0.5, 0.6) is 5.75 Å². The molecule has 0 radical (unpaired) electrons. The molecule has 1 aromatic rings. The summed E-state index contributed by atoms with van der Waals surface area (Å²) in [5.41, 5.74) is 1.32. The smallest absolute Gasteiger partial charge is 0.119 e. The van der Waals surface area contributed by atoms with Crippen LogP contribution < -0.4 is 10.1 Å². The highest BCUT2D eigenvalue weighted by molar-refractivity contribution is 5.30. The van der Waals surface area contributed by atoms with Gasteiger partial charge in [0.1, 0.15) is 5.75 Å². The minimum atomic E-state index is 0.404. The Bertz CT molecular complexity index is 364. The Balaban J connectivity index is 2.71. The van der Waals surface area contributed by atoms with E-state index in [1.165, 1.54) is 5.56 Å². The molecule has 0 aliphatic heterocycles. The first kappa shape index (κ1) is 17.0. The van der Waals surface area contributed by atoms with Gasteiger partial charge in [-0.05, 0) is 57.2 Å². The Morgan fingerprint density at radius 3 is 2.50 bits per heavy atom. The van der Waals surface area contributed by atoms with Gasteiger partial charge in [0.05, 0.1) is 6.61 Å². The molecular weight excluding hydrogens is 248 g/mol. The lowest BCUT2D eigenvalue weighted by Crippen LogP contribution is -2.29. The summed E-state index contributed by atoms with van der Waals surface area (Å²) in [6.45, 7) is 13.7. The third-order valence-electron chi connectivity index (χ3n) is 3.65. The van der Waals surface area contributed by atoms with E-state index in [-0.39, 0.29) is 0 Å². The molecule has 1 unspecified atom stereocenters. The maximum Gasteiger partial charge on any atom is 0.119 e. The molecule has 3 heteroatoms. The monoisotopic (exact) mass is 278 g/mol. The molecule has 0 aromatic heterocycles. The van der Waals surface area contributed by atoms with Gasteiger partial charge in [-0.25, -0.2) is 0 Å². The van der Waals surface area contributed by atoms with Crippen molar-refractivity contribution >= 4 is 0 Å². The largest absolute Gasteiger partial charge is 0.494 e. The molecule has 0 aliphatic carbocycles. The Hall–Kier alpha value is -1.06. The van der Waals surface area contributed by atoms with Crippen molar-refractivity contribution in [2.75, 3.05) is 32.8 Å². The van der Waals surface area contributed by atoms with E-state index in [0.717, 1.165) is 45.0 Å². The Labute approximate surface area is 124 Å². The van der Waals surface area contributed by atoms with E-state index in [1.807, 2.05) is 13.0 Å². The lowest BCUT2D eigenvalue weighted by Gasteiger charge is -2.24. The fraction of sp³-hybridized carbons (Fsp3) is 0.647. The fourth-order valence-electron chi connectivity index (χ4n) is 2.47. The summed E-state index contributed by atoms with van der Waals surface area (Å²) in [4.78, 5) is 2.47. The van der Waals surface area contributed by atoms with Gasteiger partial charge in [0.15, 0.2) is 0 Å². The van der Waals surface area contributed by atoms with E-state index in [0.29, 0.717) is 6.04 Å². The van der Waals surface area contributed by atoms with Crippen LogP contribution >= 0.6 is 0 Å². The summed E-state index contributed by atoms with van der Waals surface area (Å²) in [6.07, 6.45) is 1.13. The van der Waals surface area contributed by atoms with Crippen LogP contribution in [0.3, 0.4) is 0 Å². The van der Waals surface area contributed by atoms with Crippen LogP contribution in [0.1, 0.15) is 45.7 Å². The maximum absolute atomic E-state index is 5.60. The normalized spacial score (nSPS) is 12.7. The van der Waals surface area contributed by atoms with Crippen molar-refractivity contribution in [3.8, 4) is 5.75 Å². The van der Waals surface area contributed by atoms with Crippen molar-refractivity contribution in [1.29, 1.82) is 0 Å². The van der Waals surface area contributed by atoms with Crippen molar-refractivity contribution in [2.24, 2.45) is 0 Å². The first-order chi connectivity index (χ1) is 9.74. The molecule has 1 rings (SSSR count). The second-order valence-corrected chi connectivity index (χ2v) is 4.93. The molecule has 0 amide bonds. The molecule has 1 aromatic carbocycles. The zero-order valence-corrected chi connectivity index (χ0v) is 13.5. The van der Waals surface area contributed by atoms with Crippen molar-refractivity contribution in [1.82, 2.24) is 10.2 Å². The molecule has 114 valence electrons. The standard InChI is InChI=1S/C17H30N2O/c1-5-18-17(12-13-19(6-2)7-3)15-10-9-11-16(14-15)20-8-4/h9-11,14,17-18H,5-8,12-13H2,1-4H3. The summed E-state index contributed by atoms with van der Waals surface area (Å²) >= 11 is 0. The molecule has 0 fully saturated rings. The van der Waals surface area contributed by atoms with Crippen LogP contribution in [0.2, 0.25) is 0 Å². The highest BCUT2D eigenvalue weighted by atomic mass is 16.5. The molecular formula is C17H30N2O. The van der Waals surface area contributed by atoms with Crippen molar-refractivity contribution in [3.63, 3.8) is 0 Å². The van der Waals surface area contributed by atoms with E-state index in [9.17, 15) is 0 Å². The number of nitrogens with zero attached hydrogens (tertiary/aromatic N) is 1. The summed E-state index contributed by atoms with van der Waals surface area (Å²) in [5.74, 6) is 0.968. The van der Waals surface area contributed by atoms with Gasteiger partial charge >= 0.3 is 0 Å².